The van der Waals surface area contributed by atoms with Crippen molar-refractivity contribution in [1.29, 1.82) is 0 Å². The quantitative estimate of drug-likeness (QED) is 0.515. The number of ether oxygens (including phenoxy) is 1. The lowest BCUT2D eigenvalue weighted by molar-refractivity contribution is -0.148. The summed E-state index contributed by atoms with van der Waals surface area (Å²) in [5, 5.41) is 0.779. The summed E-state index contributed by atoms with van der Waals surface area (Å²) in [4.78, 5) is 17.8. The summed E-state index contributed by atoms with van der Waals surface area (Å²) < 4.78 is 5.47. The van der Waals surface area contributed by atoms with Gasteiger partial charge in [0.05, 0.1) is 6.61 Å². The van der Waals surface area contributed by atoms with Crippen LogP contribution in [0.4, 0.5) is 5.69 Å². The maximum Gasteiger partial charge on any atom is 0.320 e. The molecule has 1 fully saturated rings. The van der Waals surface area contributed by atoms with Crippen molar-refractivity contribution in [2.24, 2.45) is 0 Å². The Bertz CT molecular complexity index is 893. The molecule has 1 aliphatic heterocycles. The number of halogens is 1. The lowest BCUT2D eigenvalue weighted by Gasteiger charge is -2.42. The van der Waals surface area contributed by atoms with E-state index in [0.717, 1.165) is 49.6 Å². The van der Waals surface area contributed by atoms with Gasteiger partial charge in [-0.15, -0.1) is 0 Å². The normalized spacial score (nSPS) is 24.6. The van der Waals surface area contributed by atoms with Crippen LogP contribution in [0.25, 0.3) is 0 Å². The monoisotopic (exact) mass is 424 g/mol. The van der Waals surface area contributed by atoms with Crippen LogP contribution in [-0.4, -0.2) is 49.7 Å². The van der Waals surface area contributed by atoms with Gasteiger partial charge in [0.2, 0.25) is 0 Å². The standard InChI is InChI=1S/C25H29ClN2O2/c1-2-30-24(29)25(20-7-4-3-5-8-20)13-11-22(12-14-25)27-15-17-28(18-16-27)23-10-6-9-21(26)19-23/h3-11,13,19,22H,2,12,14-18H2,1H3. The molecule has 0 bridgehead atoms. The molecular weight excluding hydrogens is 396 g/mol. The van der Waals surface area contributed by atoms with Crippen molar-refractivity contribution >= 4 is 23.3 Å². The van der Waals surface area contributed by atoms with Crippen LogP contribution in [0, 0.1) is 0 Å². The maximum atomic E-state index is 12.9. The van der Waals surface area contributed by atoms with Gasteiger partial charge in [-0.1, -0.05) is 60.2 Å². The Morgan fingerprint density at radius 3 is 2.50 bits per heavy atom. The first kappa shape index (κ1) is 21.0. The lowest BCUT2D eigenvalue weighted by Crippen LogP contribution is -2.51. The fourth-order valence-corrected chi connectivity index (χ4v) is 4.83. The van der Waals surface area contributed by atoms with Crippen LogP contribution in [0.3, 0.4) is 0 Å². The largest absolute Gasteiger partial charge is 0.465 e. The molecule has 1 heterocycles. The summed E-state index contributed by atoms with van der Waals surface area (Å²) in [6, 6.07) is 18.5. The van der Waals surface area contributed by atoms with Crippen LogP contribution < -0.4 is 4.90 Å². The van der Waals surface area contributed by atoms with Crippen molar-refractivity contribution in [3.05, 3.63) is 77.3 Å². The first-order chi connectivity index (χ1) is 14.6. The van der Waals surface area contributed by atoms with E-state index < -0.39 is 5.41 Å². The number of anilines is 1. The zero-order valence-electron chi connectivity index (χ0n) is 17.5. The summed E-state index contributed by atoms with van der Waals surface area (Å²) >= 11 is 6.16. The molecule has 2 aromatic rings. The summed E-state index contributed by atoms with van der Waals surface area (Å²) in [5.74, 6) is -0.142. The number of hydrogen-bond acceptors (Lipinski definition) is 4. The predicted octanol–water partition coefficient (Wildman–Crippen LogP) is 4.68. The van der Waals surface area contributed by atoms with Gasteiger partial charge in [0.1, 0.15) is 5.41 Å². The van der Waals surface area contributed by atoms with Crippen molar-refractivity contribution in [2.45, 2.75) is 31.2 Å². The second kappa shape index (κ2) is 9.23. The third-order valence-corrected chi connectivity index (χ3v) is 6.56. The van der Waals surface area contributed by atoms with Crippen LogP contribution >= 0.6 is 11.6 Å². The van der Waals surface area contributed by atoms with E-state index in [-0.39, 0.29) is 5.97 Å². The molecule has 0 spiro atoms. The van der Waals surface area contributed by atoms with E-state index in [4.69, 9.17) is 16.3 Å². The topological polar surface area (TPSA) is 32.8 Å². The third kappa shape index (κ3) is 4.26. The van der Waals surface area contributed by atoms with Gasteiger partial charge in [-0.25, -0.2) is 0 Å². The smallest absolute Gasteiger partial charge is 0.320 e. The number of esters is 1. The molecule has 5 heteroatoms. The second-order valence-electron chi connectivity index (χ2n) is 8.03. The van der Waals surface area contributed by atoms with Crippen molar-refractivity contribution in [1.82, 2.24) is 4.90 Å². The molecule has 0 aromatic heterocycles. The highest BCUT2D eigenvalue weighted by Crippen LogP contribution is 2.38. The van der Waals surface area contributed by atoms with Gasteiger partial charge >= 0.3 is 5.97 Å². The van der Waals surface area contributed by atoms with E-state index in [1.165, 1.54) is 5.69 Å². The Morgan fingerprint density at radius 1 is 1.10 bits per heavy atom. The average molecular weight is 425 g/mol. The van der Waals surface area contributed by atoms with Crippen molar-refractivity contribution in [3.8, 4) is 0 Å². The fourth-order valence-electron chi connectivity index (χ4n) is 4.64. The molecule has 1 aliphatic carbocycles. The molecular formula is C25H29ClN2O2. The third-order valence-electron chi connectivity index (χ3n) is 6.32. The van der Waals surface area contributed by atoms with E-state index >= 15 is 0 Å². The molecule has 2 unspecified atom stereocenters. The highest BCUT2D eigenvalue weighted by Gasteiger charge is 2.42. The number of rotatable bonds is 5. The van der Waals surface area contributed by atoms with Gasteiger partial charge < -0.3 is 9.64 Å². The highest BCUT2D eigenvalue weighted by atomic mass is 35.5. The van der Waals surface area contributed by atoms with Crippen molar-refractivity contribution in [2.75, 3.05) is 37.7 Å². The molecule has 158 valence electrons. The minimum atomic E-state index is -0.670. The van der Waals surface area contributed by atoms with Gasteiger partial charge in [0.25, 0.3) is 0 Å². The van der Waals surface area contributed by atoms with Crippen LogP contribution in [0.1, 0.15) is 25.3 Å². The molecule has 2 atom stereocenters. The molecule has 30 heavy (non-hydrogen) atoms. The van der Waals surface area contributed by atoms with E-state index in [1.807, 2.05) is 55.5 Å². The molecule has 0 saturated carbocycles. The van der Waals surface area contributed by atoms with Gasteiger partial charge in [-0.2, -0.15) is 0 Å². The summed E-state index contributed by atoms with van der Waals surface area (Å²) in [5.41, 5.74) is 1.53. The Hall–Kier alpha value is -2.30. The van der Waals surface area contributed by atoms with Crippen molar-refractivity contribution in [3.63, 3.8) is 0 Å². The molecule has 4 nitrogen and oxygen atoms in total. The number of carbonyl (C=O) groups is 1. The van der Waals surface area contributed by atoms with Crippen LogP contribution in [0.15, 0.2) is 66.7 Å². The van der Waals surface area contributed by atoms with Crippen molar-refractivity contribution < 1.29 is 9.53 Å². The zero-order valence-corrected chi connectivity index (χ0v) is 18.2. The van der Waals surface area contributed by atoms with E-state index in [2.05, 4.69) is 28.0 Å². The summed E-state index contributed by atoms with van der Waals surface area (Å²) in [6.45, 7) is 6.22. The van der Waals surface area contributed by atoms with Gasteiger partial charge in [-0.3, -0.25) is 9.69 Å². The Labute approximate surface area is 184 Å². The highest BCUT2D eigenvalue weighted by molar-refractivity contribution is 6.30. The average Bonchev–Trinajstić information content (AvgIpc) is 2.80. The molecule has 2 aliphatic rings. The van der Waals surface area contributed by atoms with E-state index in [0.29, 0.717) is 12.6 Å². The molecule has 0 amide bonds. The SMILES string of the molecule is CCOC(=O)C1(c2ccccc2)C=CC(N2CCN(c3cccc(Cl)c3)CC2)CC1. The van der Waals surface area contributed by atoms with E-state index in [1.54, 1.807) is 0 Å². The van der Waals surface area contributed by atoms with Crippen LogP contribution in [-0.2, 0) is 14.9 Å². The molecule has 1 saturated heterocycles. The number of carbonyl (C=O) groups excluding carboxylic acids is 1. The maximum absolute atomic E-state index is 12.9. The molecule has 0 N–H and O–H groups in total. The predicted molar refractivity (Wildman–Crippen MR) is 122 cm³/mol. The number of piperazine rings is 1. The lowest BCUT2D eigenvalue weighted by atomic mass is 9.72. The Kier molecular flexibility index (Phi) is 6.45. The summed E-state index contributed by atoms with van der Waals surface area (Å²) in [7, 11) is 0. The van der Waals surface area contributed by atoms with Gasteiger partial charge in [0.15, 0.2) is 0 Å². The summed E-state index contributed by atoms with van der Waals surface area (Å²) in [6.07, 6.45) is 6.03. The minimum Gasteiger partial charge on any atom is -0.465 e. The first-order valence-corrected chi connectivity index (χ1v) is 11.2. The molecule has 0 radical (unpaired) electrons. The number of benzene rings is 2. The Balaban J connectivity index is 1.45. The van der Waals surface area contributed by atoms with Gasteiger partial charge in [-0.05, 0) is 43.5 Å². The number of hydrogen-bond donors (Lipinski definition) is 0. The fraction of sp³-hybridized carbons (Fsp3) is 0.400. The minimum absolute atomic E-state index is 0.142. The zero-order chi connectivity index (χ0) is 21.0. The molecule has 2 aromatic carbocycles. The Morgan fingerprint density at radius 2 is 1.87 bits per heavy atom. The number of nitrogens with zero attached hydrogens (tertiary/aromatic N) is 2. The van der Waals surface area contributed by atoms with E-state index in [9.17, 15) is 4.79 Å². The van der Waals surface area contributed by atoms with Crippen LogP contribution in [0.2, 0.25) is 5.02 Å². The van der Waals surface area contributed by atoms with Crippen LogP contribution in [0.5, 0.6) is 0 Å². The van der Waals surface area contributed by atoms with Gasteiger partial charge in [0, 0.05) is 42.9 Å². The first-order valence-electron chi connectivity index (χ1n) is 10.8. The molecule has 4 rings (SSSR count). The second-order valence-corrected chi connectivity index (χ2v) is 8.46.